The van der Waals surface area contributed by atoms with Crippen LogP contribution in [0.15, 0.2) is 11.6 Å². The van der Waals surface area contributed by atoms with Crippen molar-refractivity contribution in [2.45, 2.75) is 32.8 Å². The molecule has 0 rings (SSSR count). The second-order valence-electron chi connectivity index (χ2n) is 2.88. The quantitative estimate of drug-likeness (QED) is 0.632. The molecule has 0 heterocycles. The zero-order valence-corrected chi connectivity index (χ0v) is 7.96. The van der Waals surface area contributed by atoms with Gasteiger partial charge in [0.2, 0.25) is 5.91 Å². The Morgan fingerprint density at radius 1 is 1.67 bits per heavy atom. The Kier molecular flexibility index (Phi) is 5.37. The highest BCUT2D eigenvalue weighted by Gasteiger charge is 1.99. The molecule has 0 aromatic carbocycles. The van der Waals surface area contributed by atoms with Gasteiger partial charge in [0.05, 0.1) is 6.10 Å². The molecular formula is C9H17NO2. The summed E-state index contributed by atoms with van der Waals surface area (Å²) in [6, 6.07) is 0. The number of carbonyl (C=O) groups excluding carboxylic acids is 1. The molecule has 0 spiro atoms. The summed E-state index contributed by atoms with van der Waals surface area (Å²) >= 11 is 0. The third-order valence-electron chi connectivity index (χ3n) is 1.81. The molecule has 0 aliphatic rings. The van der Waals surface area contributed by atoms with Crippen LogP contribution in [0.25, 0.3) is 0 Å². The molecule has 0 radical (unpaired) electrons. The van der Waals surface area contributed by atoms with E-state index in [-0.39, 0.29) is 12.0 Å². The molecular weight excluding hydrogens is 154 g/mol. The molecule has 70 valence electrons. The van der Waals surface area contributed by atoms with Crippen LogP contribution in [0.1, 0.15) is 26.7 Å². The Bertz CT molecular complexity index is 175. The predicted molar refractivity (Wildman–Crippen MR) is 48.7 cm³/mol. The van der Waals surface area contributed by atoms with Gasteiger partial charge >= 0.3 is 0 Å². The highest BCUT2D eigenvalue weighted by atomic mass is 16.5. The van der Waals surface area contributed by atoms with E-state index in [4.69, 9.17) is 10.5 Å². The third kappa shape index (κ3) is 4.91. The normalized spacial score (nSPS) is 14.4. The minimum Gasteiger partial charge on any atom is -0.382 e. The van der Waals surface area contributed by atoms with Crippen molar-refractivity contribution >= 4 is 5.91 Å². The molecule has 0 aliphatic carbocycles. The summed E-state index contributed by atoms with van der Waals surface area (Å²) in [5.41, 5.74) is 5.67. The van der Waals surface area contributed by atoms with Gasteiger partial charge in [0, 0.05) is 12.7 Å². The van der Waals surface area contributed by atoms with E-state index in [0.29, 0.717) is 5.57 Å². The lowest BCUT2D eigenvalue weighted by atomic mass is 10.1. The summed E-state index contributed by atoms with van der Waals surface area (Å²) in [5.74, 6) is -0.347. The predicted octanol–water partition coefficient (Wildman–Crippen LogP) is 1.23. The Morgan fingerprint density at radius 3 is 2.67 bits per heavy atom. The van der Waals surface area contributed by atoms with Crippen LogP contribution in [0, 0.1) is 0 Å². The van der Waals surface area contributed by atoms with Gasteiger partial charge in [-0.05, 0) is 26.7 Å². The lowest BCUT2D eigenvalue weighted by Crippen LogP contribution is -2.11. The molecule has 0 saturated carbocycles. The lowest BCUT2D eigenvalue weighted by molar-refractivity contribution is -0.114. The summed E-state index contributed by atoms with van der Waals surface area (Å²) in [7, 11) is 1.68. The van der Waals surface area contributed by atoms with E-state index in [9.17, 15) is 4.79 Å². The van der Waals surface area contributed by atoms with Crippen LogP contribution in [0.2, 0.25) is 0 Å². The van der Waals surface area contributed by atoms with Crippen LogP contribution >= 0.6 is 0 Å². The van der Waals surface area contributed by atoms with Crippen molar-refractivity contribution in [1.82, 2.24) is 0 Å². The molecule has 3 heteroatoms. The largest absolute Gasteiger partial charge is 0.382 e. The number of allylic oxidation sites excluding steroid dienone is 1. The molecule has 1 atom stereocenters. The number of amides is 1. The molecule has 0 aromatic heterocycles. The fourth-order valence-electron chi connectivity index (χ4n) is 0.753. The summed E-state index contributed by atoms with van der Waals surface area (Å²) in [6.07, 6.45) is 3.84. The van der Waals surface area contributed by atoms with Crippen LogP contribution in [-0.4, -0.2) is 19.1 Å². The molecule has 2 N–H and O–H groups in total. The van der Waals surface area contributed by atoms with Gasteiger partial charge in [0.15, 0.2) is 0 Å². The van der Waals surface area contributed by atoms with Crippen molar-refractivity contribution < 1.29 is 9.53 Å². The molecule has 0 fully saturated rings. The number of primary amides is 1. The van der Waals surface area contributed by atoms with Gasteiger partial charge in [0.25, 0.3) is 0 Å². The van der Waals surface area contributed by atoms with E-state index >= 15 is 0 Å². The number of ether oxygens (including phenoxy) is 1. The van der Waals surface area contributed by atoms with Gasteiger partial charge in [0.1, 0.15) is 0 Å². The molecule has 0 aliphatic heterocycles. The topological polar surface area (TPSA) is 52.3 Å². The summed E-state index contributed by atoms with van der Waals surface area (Å²) in [5, 5.41) is 0. The van der Waals surface area contributed by atoms with Crippen molar-refractivity contribution in [2.24, 2.45) is 5.73 Å². The Balaban J connectivity index is 3.67. The highest BCUT2D eigenvalue weighted by Crippen LogP contribution is 2.03. The van der Waals surface area contributed by atoms with Crippen LogP contribution in [0.3, 0.4) is 0 Å². The minimum atomic E-state index is -0.347. The molecule has 0 bridgehead atoms. The van der Waals surface area contributed by atoms with Gasteiger partial charge in [-0.1, -0.05) is 6.08 Å². The van der Waals surface area contributed by atoms with Gasteiger partial charge in [-0.25, -0.2) is 0 Å². The summed E-state index contributed by atoms with van der Waals surface area (Å²) in [4.78, 5) is 10.6. The summed E-state index contributed by atoms with van der Waals surface area (Å²) in [6.45, 7) is 3.72. The second kappa shape index (κ2) is 5.77. The first-order valence-electron chi connectivity index (χ1n) is 4.07. The standard InChI is InChI=1S/C9H17NO2/c1-7(9(10)11)5-4-6-8(2)12-3/h5,8H,4,6H2,1-3H3,(H2,10,11)/b7-5+. The second-order valence-corrected chi connectivity index (χ2v) is 2.88. The molecule has 1 amide bonds. The van der Waals surface area contributed by atoms with E-state index in [2.05, 4.69) is 0 Å². The number of rotatable bonds is 5. The Hall–Kier alpha value is -0.830. The monoisotopic (exact) mass is 171 g/mol. The minimum absolute atomic E-state index is 0.238. The van der Waals surface area contributed by atoms with E-state index in [0.717, 1.165) is 12.8 Å². The number of hydrogen-bond donors (Lipinski definition) is 1. The molecule has 0 aromatic rings. The summed E-state index contributed by atoms with van der Waals surface area (Å²) < 4.78 is 5.05. The van der Waals surface area contributed by atoms with E-state index in [1.54, 1.807) is 14.0 Å². The van der Waals surface area contributed by atoms with E-state index in [1.165, 1.54) is 0 Å². The maximum Gasteiger partial charge on any atom is 0.244 e. The number of carbonyl (C=O) groups is 1. The van der Waals surface area contributed by atoms with E-state index < -0.39 is 0 Å². The van der Waals surface area contributed by atoms with Gasteiger partial charge < -0.3 is 10.5 Å². The van der Waals surface area contributed by atoms with Crippen molar-refractivity contribution in [2.75, 3.05) is 7.11 Å². The smallest absolute Gasteiger partial charge is 0.244 e. The highest BCUT2D eigenvalue weighted by molar-refractivity contribution is 5.91. The van der Waals surface area contributed by atoms with Gasteiger partial charge in [-0.2, -0.15) is 0 Å². The average Bonchev–Trinajstić information content (AvgIpc) is 2.03. The number of hydrogen-bond acceptors (Lipinski definition) is 2. The van der Waals surface area contributed by atoms with E-state index in [1.807, 2.05) is 13.0 Å². The zero-order valence-electron chi connectivity index (χ0n) is 7.96. The zero-order chi connectivity index (χ0) is 9.56. The van der Waals surface area contributed by atoms with Gasteiger partial charge in [-0.3, -0.25) is 4.79 Å². The van der Waals surface area contributed by atoms with Crippen LogP contribution in [-0.2, 0) is 9.53 Å². The maximum absolute atomic E-state index is 10.6. The maximum atomic E-state index is 10.6. The fraction of sp³-hybridized carbons (Fsp3) is 0.667. The third-order valence-corrected chi connectivity index (χ3v) is 1.81. The first-order valence-corrected chi connectivity index (χ1v) is 4.07. The SMILES string of the molecule is COC(C)CC/C=C(\C)C(N)=O. The lowest BCUT2D eigenvalue weighted by Gasteiger charge is -2.06. The van der Waals surface area contributed by atoms with Crippen LogP contribution < -0.4 is 5.73 Å². The first-order chi connectivity index (χ1) is 5.57. The fourth-order valence-corrected chi connectivity index (χ4v) is 0.753. The van der Waals surface area contributed by atoms with Crippen molar-refractivity contribution in [3.63, 3.8) is 0 Å². The van der Waals surface area contributed by atoms with Crippen molar-refractivity contribution in [3.05, 3.63) is 11.6 Å². The van der Waals surface area contributed by atoms with Crippen LogP contribution in [0.4, 0.5) is 0 Å². The molecule has 3 nitrogen and oxygen atoms in total. The number of methoxy groups -OCH3 is 1. The van der Waals surface area contributed by atoms with Crippen molar-refractivity contribution in [3.8, 4) is 0 Å². The average molecular weight is 171 g/mol. The Labute approximate surface area is 73.6 Å². The number of nitrogens with two attached hydrogens (primary N) is 1. The van der Waals surface area contributed by atoms with Gasteiger partial charge in [-0.15, -0.1) is 0 Å². The Morgan fingerprint density at radius 2 is 2.25 bits per heavy atom. The molecule has 1 unspecified atom stereocenters. The molecule has 12 heavy (non-hydrogen) atoms. The van der Waals surface area contributed by atoms with Crippen LogP contribution in [0.5, 0.6) is 0 Å². The first kappa shape index (κ1) is 11.2. The molecule has 0 saturated heterocycles. The van der Waals surface area contributed by atoms with Crippen molar-refractivity contribution in [1.29, 1.82) is 0 Å².